The van der Waals surface area contributed by atoms with E-state index in [-0.39, 0.29) is 0 Å². The SMILES string of the molecule is CN1CCC/C(=C/C=C/C(=O)O)C1. The molecule has 1 N–H and O–H groups in total. The van der Waals surface area contributed by atoms with Gasteiger partial charge in [0.1, 0.15) is 0 Å². The lowest BCUT2D eigenvalue weighted by molar-refractivity contribution is -0.131. The van der Waals surface area contributed by atoms with Gasteiger partial charge in [-0.1, -0.05) is 17.7 Å². The smallest absolute Gasteiger partial charge is 0.328 e. The molecule has 1 heterocycles. The molecule has 0 saturated carbocycles. The summed E-state index contributed by atoms with van der Waals surface area (Å²) in [6.45, 7) is 2.10. The molecule has 3 heteroatoms. The molecule has 1 aliphatic heterocycles. The fraction of sp³-hybridized carbons (Fsp3) is 0.500. The summed E-state index contributed by atoms with van der Waals surface area (Å²) in [5.41, 5.74) is 1.31. The van der Waals surface area contributed by atoms with Crippen molar-refractivity contribution >= 4 is 5.97 Å². The van der Waals surface area contributed by atoms with Crippen molar-refractivity contribution in [1.82, 2.24) is 4.90 Å². The maximum atomic E-state index is 10.2. The molecule has 13 heavy (non-hydrogen) atoms. The molecule has 0 aliphatic carbocycles. The van der Waals surface area contributed by atoms with Crippen LogP contribution in [0, 0.1) is 0 Å². The summed E-state index contributed by atoms with van der Waals surface area (Å²) in [6, 6.07) is 0. The van der Waals surface area contributed by atoms with Gasteiger partial charge in [0.05, 0.1) is 0 Å². The van der Waals surface area contributed by atoms with Gasteiger partial charge in [-0.15, -0.1) is 0 Å². The number of rotatable bonds is 2. The van der Waals surface area contributed by atoms with Crippen LogP contribution < -0.4 is 0 Å². The zero-order valence-electron chi connectivity index (χ0n) is 7.86. The Morgan fingerprint density at radius 3 is 3.00 bits per heavy atom. The predicted molar refractivity (Wildman–Crippen MR) is 51.6 cm³/mol. The molecular formula is C10H15NO2. The number of carbonyl (C=O) groups is 1. The van der Waals surface area contributed by atoms with E-state index in [1.54, 1.807) is 6.08 Å². The second-order valence-electron chi connectivity index (χ2n) is 3.36. The maximum absolute atomic E-state index is 10.2. The third-order valence-electron chi connectivity index (χ3n) is 2.08. The van der Waals surface area contributed by atoms with Gasteiger partial charge in [-0.3, -0.25) is 0 Å². The van der Waals surface area contributed by atoms with Crippen LogP contribution in [0.3, 0.4) is 0 Å². The number of likely N-dealkylation sites (tertiary alicyclic amines) is 1. The monoisotopic (exact) mass is 181 g/mol. The van der Waals surface area contributed by atoms with E-state index in [0.29, 0.717) is 0 Å². The van der Waals surface area contributed by atoms with E-state index < -0.39 is 5.97 Å². The molecule has 72 valence electrons. The molecule has 1 saturated heterocycles. The topological polar surface area (TPSA) is 40.5 Å². The zero-order valence-corrected chi connectivity index (χ0v) is 7.86. The van der Waals surface area contributed by atoms with Crippen LogP contribution in [0.5, 0.6) is 0 Å². The van der Waals surface area contributed by atoms with E-state index in [0.717, 1.165) is 19.5 Å². The van der Waals surface area contributed by atoms with Gasteiger partial charge in [-0.05, 0) is 26.4 Å². The van der Waals surface area contributed by atoms with Gasteiger partial charge in [0.2, 0.25) is 0 Å². The normalized spacial score (nSPS) is 22.7. The third-order valence-corrected chi connectivity index (χ3v) is 2.08. The fourth-order valence-corrected chi connectivity index (χ4v) is 1.48. The minimum atomic E-state index is -0.888. The highest BCUT2D eigenvalue weighted by molar-refractivity contribution is 5.80. The molecule has 0 aromatic rings. The van der Waals surface area contributed by atoms with Crippen molar-refractivity contribution in [2.45, 2.75) is 12.8 Å². The maximum Gasteiger partial charge on any atom is 0.328 e. The molecule has 1 aliphatic rings. The van der Waals surface area contributed by atoms with Crippen molar-refractivity contribution in [3.05, 3.63) is 23.8 Å². The zero-order chi connectivity index (χ0) is 9.68. The quantitative estimate of drug-likeness (QED) is 0.652. The van der Waals surface area contributed by atoms with Gasteiger partial charge >= 0.3 is 5.97 Å². The Labute approximate surface area is 78.4 Å². The van der Waals surface area contributed by atoms with E-state index >= 15 is 0 Å². The van der Waals surface area contributed by atoms with Gasteiger partial charge in [0.25, 0.3) is 0 Å². The Kier molecular flexibility index (Phi) is 3.71. The number of hydrogen-bond donors (Lipinski definition) is 1. The number of likely N-dealkylation sites (N-methyl/N-ethyl adjacent to an activating group) is 1. The summed E-state index contributed by atoms with van der Waals surface area (Å²) in [7, 11) is 2.08. The average Bonchev–Trinajstić information content (AvgIpc) is 2.03. The summed E-state index contributed by atoms with van der Waals surface area (Å²) < 4.78 is 0. The summed E-state index contributed by atoms with van der Waals surface area (Å²) in [5, 5.41) is 8.37. The van der Waals surface area contributed by atoms with Crippen LogP contribution in [0.15, 0.2) is 23.8 Å². The summed E-state index contributed by atoms with van der Waals surface area (Å²) in [6.07, 6.45) is 6.94. The molecule has 0 amide bonds. The lowest BCUT2D eigenvalue weighted by Gasteiger charge is -2.23. The lowest BCUT2D eigenvalue weighted by atomic mass is 10.1. The average molecular weight is 181 g/mol. The van der Waals surface area contributed by atoms with E-state index in [2.05, 4.69) is 11.9 Å². The Bertz CT molecular complexity index is 243. The number of aliphatic carboxylic acids is 1. The minimum absolute atomic E-state index is 0.888. The van der Waals surface area contributed by atoms with Crippen LogP contribution in [0.1, 0.15) is 12.8 Å². The Morgan fingerprint density at radius 1 is 1.62 bits per heavy atom. The van der Waals surface area contributed by atoms with E-state index in [1.165, 1.54) is 18.1 Å². The van der Waals surface area contributed by atoms with Crippen molar-refractivity contribution in [2.24, 2.45) is 0 Å². The van der Waals surface area contributed by atoms with Crippen molar-refractivity contribution in [1.29, 1.82) is 0 Å². The highest BCUT2D eigenvalue weighted by Crippen LogP contribution is 2.13. The first kappa shape index (κ1) is 9.99. The molecule has 0 aromatic carbocycles. The van der Waals surface area contributed by atoms with Crippen LogP contribution in [-0.4, -0.2) is 36.1 Å². The standard InChI is InChI=1S/C10H15NO2/c1-11-7-3-5-9(8-11)4-2-6-10(12)13/h2,4,6H,3,5,7-8H2,1H3,(H,12,13)/b6-2+,9-4-. The summed E-state index contributed by atoms with van der Waals surface area (Å²) >= 11 is 0. The lowest BCUT2D eigenvalue weighted by Crippen LogP contribution is -2.26. The third kappa shape index (κ3) is 3.90. The molecule has 0 aromatic heterocycles. The highest BCUT2D eigenvalue weighted by Gasteiger charge is 2.08. The first-order chi connectivity index (χ1) is 6.18. The largest absolute Gasteiger partial charge is 0.478 e. The molecule has 0 atom stereocenters. The van der Waals surface area contributed by atoms with Gasteiger partial charge in [-0.2, -0.15) is 0 Å². The number of piperidine rings is 1. The van der Waals surface area contributed by atoms with Crippen LogP contribution in [0.25, 0.3) is 0 Å². The van der Waals surface area contributed by atoms with Gasteiger partial charge in [0, 0.05) is 12.6 Å². The van der Waals surface area contributed by atoms with Crippen molar-refractivity contribution in [3.8, 4) is 0 Å². The number of carboxylic acid groups (broad SMARTS) is 1. The van der Waals surface area contributed by atoms with Gasteiger partial charge in [-0.25, -0.2) is 4.79 Å². The second kappa shape index (κ2) is 4.82. The number of carboxylic acids is 1. The Hall–Kier alpha value is -1.09. The van der Waals surface area contributed by atoms with E-state index in [9.17, 15) is 4.79 Å². The fourth-order valence-electron chi connectivity index (χ4n) is 1.48. The molecule has 1 rings (SSSR count). The number of hydrogen-bond acceptors (Lipinski definition) is 2. The molecule has 1 fully saturated rings. The molecule has 0 radical (unpaired) electrons. The van der Waals surface area contributed by atoms with Crippen LogP contribution in [0.2, 0.25) is 0 Å². The summed E-state index contributed by atoms with van der Waals surface area (Å²) in [5.74, 6) is -0.888. The minimum Gasteiger partial charge on any atom is -0.478 e. The van der Waals surface area contributed by atoms with Crippen LogP contribution >= 0.6 is 0 Å². The first-order valence-corrected chi connectivity index (χ1v) is 4.46. The van der Waals surface area contributed by atoms with Gasteiger partial charge in [0.15, 0.2) is 0 Å². The second-order valence-corrected chi connectivity index (χ2v) is 3.36. The predicted octanol–water partition coefficient (Wildman–Crippen LogP) is 1.28. The molecule has 0 bridgehead atoms. The van der Waals surface area contributed by atoms with Crippen molar-refractivity contribution < 1.29 is 9.90 Å². The summed E-state index contributed by atoms with van der Waals surface area (Å²) in [4.78, 5) is 12.4. The Morgan fingerprint density at radius 2 is 2.38 bits per heavy atom. The first-order valence-electron chi connectivity index (χ1n) is 4.46. The van der Waals surface area contributed by atoms with Crippen molar-refractivity contribution in [2.75, 3.05) is 20.1 Å². The highest BCUT2D eigenvalue weighted by atomic mass is 16.4. The van der Waals surface area contributed by atoms with Crippen LogP contribution in [-0.2, 0) is 4.79 Å². The Balaban J connectivity index is 2.45. The molecular weight excluding hydrogens is 166 g/mol. The van der Waals surface area contributed by atoms with E-state index in [1.807, 2.05) is 6.08 Å². The molecule has 3 nitrogen and oxygen atoms in total. The van der Waals surface area contributed by atoms with Gasteiger partial charge < -0.3 is 10.0 Å². The van der Waals surface area contributed by atoms with Crippen molar-refractivity contribution in [3.63, 3.8) is 0 Å². The van der Waals surface area contributed by atoms with Crippen LogP contribution in [0.4, 0.5) is 0 Å². The van der Waals surface area contributed by atoms with E-state index in [4.69, 9.17) is 5.11 Å². The number of nitrogens with zero attached hydrogens (tertiary/aromatic N) is 1. The number of allylic oxidation sites excluding steroid dienone is 2. The molecule has 0 unspecified atom stereocenters. The molecule has 0 spiro atoms.